The van der Waals surface area contributed by atoms with Crippen LogP contribution in [0.3, 0.4) is 0 Å². The number of ether oxygens (including phenoxy) is 2. The van der Waals surface area contributed by atoms with Crippen LogP contribution in [0.25, 0.3) is 0 Å². The second-order valence-corrected chi connectivity index (χ2v) is 9.43. The third-order valence-electron chi connectivity index (χ3n) is 5.46. The Kier molecular flexibility index (Phi) is 7.56. The predicted molar refractivity (Wildman–Crippen MR) is 119 cm³/mol. The number of amides is 1. The van der Waals surface area contributed by atoms with Crippen molar-refractivity contribution in [2.45, 2.75) is 44.6 Å². The minimum Gasteiger partial charge on any atom is -0.494 e. The average molecular weight is 447 g/mol. The van der Waals surface area contributed by atoms with Crippen LogP contribution in [0.15, 0.2) is 47.4 Å². The van der Waals surface area contributed by atoms with Crippen LogP contribution in [-0.4, -0.2) is 51.6 Å². The molecule has 0 aromatic heterocycles. The standard InChI is InChI=1S/C23H30N2O5S/c1-4-29-20-7-9-22(10-8-20)31(27,28)24-19-11-13-25(14-12-19)23(26)16-30-21-6-5-17(2)18(3)15-21/h5-10,15,19,24H,4,11-14,16H2,1-3H3. The Labute approximate surface area is 184 Å². The van der Waals surface area contributed by atoms with Crippen LogP contribution in [-0.2, 0) is 14.8 Å². The van der Waals surface area contributed by atoms with Crippen molar-refractivity contribution in [3.63, 3.8) is 0 Å². The maximum Gasteiger partial charge on any atom is 0.260 e. The second kappa shape index (κ2) is 10.2. The van der Waals surface area contributed by atoms with E-state index in [0.29, 0.717) is 44.0 Å². The van der Waals surface area contributed by atoms with E-state index in [1.807, 2.05) is 39.0 Å². The molecule has 2 aromatic carbocycles. The van der Waals surface area contributed by atoms with E-state index in [1.165, 1.54) is 17.7 Å². The van der Waals surface area contributed by atoms with Gasteiger partial charge in [0.15, 0.2) is 6.61 Å². The first kappa shape index (κ1) is 23.1. The number of carbonyl (C=O) groups excluding carboxylic acids is 1. The molecule has 2 aromatic rings. The van der Waals surface area contributed by atoms with Crippen molar-refractivity contribution >= 4 is 15.9 Å². The number of sulfonamides is 1. The van der Waals surface area contributed by atoms with Crippen molar-refractivity contribution in [3.05, 3.63) is 53.6 Å². The van der Waals surface area contributed by atoms with Gasteiger partial charge in [0.25, 0.3) is 5.91 Å². The average Bonchev–Trinajstić information content (AvgIpc) is 2.75. The van der Waals surface area contributed by atoms with Crippen LogP contribution in [0.2, 0.25) is 0 Å². The second-order valence-electron chi connectivity index (χ2n) is 7.72. The number of carbonyl (C=O) groups is 1. The number of hydrogen-bond donors (Lipinski definition) is 1. The molecule has 0 bridgehead atoms. The molecule has 0 radical (unpaired) electrons. The van der Waals surface area contributed by atoms with Gasteiger partial charge in [0.2, 0.25) is 10.0 Å². The lowest BCUT2D eigenvalue weighted by Gasteiger charge is -2.32. The van der Waals surface area contributed by atoms with Gasteiger partial charge in [0.1, 0.15) is 11.5 Å². The van der Waals surface area contributed by atoms with E-state index in [-0.39, 0.29) is 23.5 Å². The molecule has 0 saturated carbocycles. The first-order valence-electron chi connectivity index (χ1n) is 10.5. The minimum atomic E-state index is -3.62. The van der Waals surface area contributed by atoms with Crippen molar-refractivity contribution in [2.75, 3.05) is 26.3 Å². The van der Waals surface area contributed by atoms with Crippen molar-refractivity contribution in [3.8, 4) is 11.5 Å². The number of piperidine rings is 1. The quantitative estimate of drug-likeness (QED) is 0.674. The molecule has 1 N–H and O–H groups in total. The van der Waals surface area contributed by atoms with Crippen LogP contribution in [0.1, 0.15) is 30.9 Å². The lowest BCUT2D eigenvalue weighted by Crippen LogP contribution is -2.47. The lowest BCUT2D eigenvalue weighted by molar-refractivity contribution is -0.134. The minimum absolute atomic E-state index is 0.0227. The Balaban J connectivity index is 1.48. The molecule has 1 saturated heterocycles. The molecule has 1 aliphatic rings. The van der Waals surface area contributed by atoms with E-state index in [9.17, 15) is 13.2 Å². The van der Waals surface area contributed by atoms with Gasteiger partial charge >= 0.3 is 0 Å². The summed E-state index contributed by atoms with van der Waals surface area (Å²) < 4.78 is 39.0. The molecule has 0 aliphatic carbocycles. The zero-order valence-corrected chi connectivity index (χ0v) is 19.1. The fourth-order valence-corrected chi connectivity index (χ4v) is 4.76. The van der Waals surface area contributed by atoms with E-state index in [0.717, 1.165) is 5.56 Å². The first-order valence-corrected chi connectivity index (χ1v) is 12.0. The molecule has 7 nitrogen and oxygen atoms in total. The van der Waals surface area contributed by atoms with Crippen LogP contribution < -0.4 is 14.2 Å². The summed E-state index contributed by atoms with van der Waals surface area (Å²) in [6.07, 6.45) is 1.12. The Morgan fingerprint density at radius 1 is 1.00 bits per heavy atom. The number of aryl methyl sites for hydroxylation is 2. The van der Waals surface area contributed by atoms with Crippen molar-refractivity contribution in [1.29, 1.82) is 0 Å². The molecule has 1 fully saturated rings. The van der Waals surface area contributed by atoms with E-state index >= 15 is 0 Å². The summed E-state index contributed by atoms with van der Waals surface area (Å²) in [6.45, 7) is 7.39. The molecular weight excluding hydrogens is 416 g/mol. The number of nitrogens with zero attached hydrogens (tertiary/aromatic N) is 1. The van der Waals surface area contributed by atoms with Crippen LogP contribution in [0.5, 0.6) is 11.5 Å². The van der Waals surface area contributed by atoms with Crippen LogP contribution in [0, 0.1) is 13.8 Å². The summed E-state index contributed by atoms with van der Waals surface area (Å²) in [7, 11) is -3.62. The SMILES string of the molecule is CCOc1ccc(S(=O)(=O)NC2CCN(C(=O)COc3ccc(C)c(C)c3)CC2)cc1. The summed E-state index contributed by atoms with van der Waals surface area (Å²) >= 11 is 0. The highest BCUT2D eigenvalue weighted by molar-refractivity contribution is 7.89. The molecule has 0 spiro atoms. The summed E-state index contributed by atoms with van der Waals surface area (Å²) in [5.74, 6) is 1.22. The van der Waals surface area contributed by atoms with Crippen molar-refractivity contribution in [2.24, 2.45) is 0 Å². The molecule has 8 heteroatoms. The molecule has 0 atom stereocenters. The molecular formula is C23H30N2O5S. The zero-order chi connectivity index (χ0) is 22.4. The van der Waals surface area contributed by atoms with Crippen LogP contribution >= 0.6 is 0 Å². The molecule has 168 valence electrons. The van der Waals surface area contributed by atoms with Crippen molar-refractivity contribution in [1.82, 2.24) is 9.62 Å². The highest BCUT2D eigenvalue weighted by Crippen LogP contribution is 2.19. The Morgan fingerprint density at radius 2 is 1.65 bits per heavy atom. The largest absolute Gasteiger partial charge is 0.494 e. The zero-order valence-electron chi connectivity index (χ0n) is 18.3. The van der Waals surface area contributed by atoms with Crippen molar-refractivity contribution < 1.29 is 22.7 Å². The number of rotatable bonds is 8. The van der Waals surface area contributed by atoms with Crippen LogP contribution in [0.4, 0.5) is 0 Å². The molecule has 1 amide bonds. The summed E-state index contributed by atoms with van der Waals surface area (Å²) in [6, 6.07) is 11.9. The van der Waals surface area contributed by atoms with Gasteiger partial charge < -0.3 is 14.4 Å². The number of likely N-dealkylation sites (tertiary alicyclic amines) is 1. The van der Waals surface area contributed by atoms with E-state index in [2.05, 4.69) is 4.72 Å². The number of hydrogen-bond acceptors (Lipinski definition) is 5. The monoisotopic (exact) mass is 446 g/mol. The third-order valence-corrected chi connectivity index (χ3v) is 6.99. The van der Waals surface area contributed by atoms with Gasteiger partial charge in [-0.1, -0.05) is 6.07 Å². The summed E-state index contributed by atoms with van der Waals surface area (Å²) in [4.78, 5) is 14.4. The van der Waals surface area contributed by atoms with E-state index in [1.54, 1.807) is 17.0 Å². The fraction of sp³-hybridized carbons (Fsp3) is 0.435. The van der Waals surface area contributed by atoms with E-state index < -0.39 is 10.0 Å². The Bertz CT molecular complexity index is 997. The molecule has 1 aliphatic heterocycles. The molecule has 3 rings (SSSR count). The molecule has 1 heterocycles. The fourth-order valence-electron chi connectivity index (χ4n) is 3.46. The van der Waals surface area contributed by atoms with Gasteiger partial charge in [0, 0.05) is 19.1 Å². The van der Waals surface area contributed by atoms with Gasteiger partial charge in [-0.25, -0.2) is 13.1 Å². The van der Waals surface area contributed by atoms with Gasteiger partial charge in [0.05, 0.1) is 11.5 Å². The smallest absolute Gasteiger partial charge is 0.260 e. The number of benzene rings is 2. The third kappa shape index (κ3) is 6.21. The van der Waals surface area contributed by atoms with Gasteiger partial charge in [-0.2, -0.15) is 0 Å². The highest BCUT2D eigenvalue weighted by atomic mass is 32.2. The van der Waals surface area contributed by atoms with Gasteiger partial charge in [-0.3, -0.25) is 4.79 Å². The predicted octanol–water partition coefficient (Wildman–Crippen LogP) is 3.05. The first-order chi connectivity index (χ1) is 14.8. The topological polar surface area (TPSA) is 84.9 Å². The number of nitrogens with one attached hydrogen (secondary N) is 1. The van der Waals surface area contributed by atoms with E-state index in [4.69, 9.17) is 9.47 Å². The normalized spacial score (nSPS) is 15.0. The van der Waals surface area contributed by atoms with Gasteiger partial charge in [-0.15, -0.1) is 0 Å². The molecule has 31 heavy (non-hydrogen) atoms. The Hall–Kier alpha value is -2.58. The van der Waals surface area contributed by atoms with Gasteiger partial charge in [-0.05, 0) is 81.1 Å². The maximum absolute atomic E-state index is 12.6. The Morgan fingerprint density at radius 3 is 2.26 bits per heavy atom. The summed E-state index contributed by atoms with van der Waals surface area (Å²) in [5, 5.41) is 0. The maximum atomic E-state index is 12.6. The summed E-state index contributed by atoms with van der Waals surface area (Å²) in [5.41, 5.74) is 2.29. The molecule has 0 unspecified atom stereocenters. The highest BCUT2D eigenvalue weighted by Gasteiger charge is 2.27. The lowest BCUT2D eigenvalue weighted by atomic mass is 10.1.